The minimum absolute atomic E-state index is 0.442. The molecular formula is C25H38O4. The summed E-state index contributed by atoms with van der Waals surface area (Å²) in [5, 5.41) is 9.98. The SMILES string of the molecule is CCCCCCCc1ccc(C(C)(C(=O)O)c2ccc(CCCCCCC)o2)o1. The Morgan fingerprint density at radius 2 is 1.17 bits per heavy atom. The second-order valence-corrected chi connectivity index (χ2v) is 8.29. The summed E-state index contributed by atoms with van der Waals surface area (Å²) in [4.78, 5) is 12.2. The number of hydrogen-bond acceptors (Lipinski definition) is 3. The van der Waals surface area contributed by atoms with Crippen LogP contribution in [0.2, 0.25) is 0 Å². The van der Waals surface area contributed by atoms with Crippen molar-refractivity contribution < 1.29 is 18.7 Å². The van der Waals surface area contributed by atoms with Gasteiger partial charge in [-0.2, -0.15) is 0 Å². The van der Waals surface area contributed by atoms with Crippen molar-refractivity contribution in [1.82, 2.24) is 0 Å². The lowest BCUT2D eigenvalue weighted by Gasteiger charge is -2.20. The highest BCUT2D eigenvalue weighted by molar-refractivity contribution is 5.83. The fourth-order valence-corrected chi connectivity index (χ4v) is 3.70. The number of unbranched alkanes of at least 4 members (excludes halogenated alkanes) is 8. The maximum atomic E-state index is 12.2. The second-order valence-electron chi connectivity index (χ2n) is 8.29. The molecule has 162 valence electrons. The van der Waals surface area contributed by atoms with E-state index in [0.29, 0.717) is 11.5 Å². The van der Waals surface area contributed by atoms with Crippen LogP contribution >= 0.6 is 0 Å². The van der Waals surface area contributed by atoms with Crippen molar-refractivity contribution in [1.29, 1.82) is 0 Å². The topological polar surface area (TPSA) is 63.6 Å². The van der Waals surface area contributed by atoms with Gasteiger partial charge in [-0.3, -0.25) is 4.79 Å². The monoisotopic (exact) mass is 402 g/mol. The number of hydrogen-bond donors (Lipinski definition) is 1. The van der Waals surface area contributed by atoms with Crippen molar-refractivity contribution in [3.63, 3.8) is 0 Å². The Bertz CT molecular complexity index is 673. The zero-order valence-electron chi connectivity index (χ0n) is 18.5. The van der Waals surface area contributed by atoms with Crippen LogP contribution in [0.1, 0.15) is 108 Å². The molecule has 0 bridgehead atoms. The van der Waals surface area contributed by atoms with Crippen LogP contribution < -0.4 is 0 Å². The Morgan fingerprint density at radius 1 is 0.759 bits per heavy atom. The van der Waals surface area contributed by atoms with Gasteiger partial charge in [-0.05, 0) is 44.0 Å². The molecule has 0 aliphatic carbocycles. The van der Waals surface area contributed by atoms with E-state index in [2.05, 4.69) is 13.8 Å². The average molecular weight is 403 g/mol. The van der Waals surface area contributed by atoms with Crippen LogP contribution in [-0.4, -0.2) is 11.1 Å². The number of furan rings is 2. The summed E-state index contributed by atoms with van der Waals surface area (Å²) in [5.41, 5.74) is -1.30. The minimum Gasteiger partial charge on any atom is -0.480 e. The number of rotatable bonds is 15. The van der Waals surface area contributed by atoms with Crippen LogP contribution in [0.4, 0.5) is 0 Å². The Hall–Kier alpha value is -1.97. The lowest BCUT2D eigenvalue weighted by atomic mass is 9.85. The standard InChI is InChI=1S/C25H38O4/c1-4-6-8-10-12-14-20-16-18-22(28-20)25(3,24(26)27)23-19-17-21(29-23)15-13-11-9-7-5-2/h16-19H,4-15H2,1-3H3,(H,26,27). The minimum atomic E-state index is -1.30. The van der Waals surface area contributed by atoms with Crippen molar-refractivity contribution in [2.75, 3.05) is 0 Å². The highest BCUT2D eigenvalue weighted by Crippen LogP contribution is 2.35. The maximum absolute atomic E-state index is 12.2. The lowest BCUT2D eigenvalue weighted by Crippen LogP contribution is -2.32. The van der Waals surface area contributed by atoms with Crippen molar-refractivity contribution >= 4 is 5.97 Å². The molecule has 0 saturated carbocycles. The molecule has 0 aromatic carbocycles. The molecule has 4 nitrogen and oxygen atoms in total. The third-order valence-corrected chi connectivity index (χ3v) is 5.79. The molecule has 0 aliphatic heterocycles. The molecule has 0 amide bonds. The molecule has 0 spiro atoms. The van der Waals surface area contributed by atoms with Gasteiger partial charge in [0.15, 0.2) is 5.41 Å². The molecule has 0 radical (unpaired) electrons. The highest BCUT2D eigenvalue weighted by atomic mass is 16.4. The number of carboxylic acids is 1. The Balaban J connectivity index is 2.01. The summed E-state index contributed by atoms with van der Waals surface area (Å²) in [6.07, 6.45) is 13.7. The molecule has 29 heavy (non-hydrogen) atoms. The quantitative estimate of drug-likeness (QED) is 0.318. The lowest BCUT2D eigenvalue weighted by molar-refractivity contribution is -0.142. The van der Waals surface area contributed by atoms with Gasteiger partial charge in [0, 0.05) is 12.8 Å². The van der Waals surface area contributed by atoms with Crippen molar-refractivity contribution in [3.8, 4) is 0 Å². The molecular weight excluding hydrogens is 364 g/mol. The van der Waals surface area contributed by atoms with Crippen molar-refractivity contribution in [2.45, 2.75) is 103 Å². The van der Waals surface area contributed by atoms with E-state index in [0.717, 1.165) is 37.2 Å². The fraction of sp³-hybridized carbons (Fsp3) is 0.640. The highest BCUT2D eigenvalue weighted by Gasteiger charge is 2.43. The molecule has 0 unspecified atom stereocenters. The van der Waals surface area contributed by atoms with Crippen LogP contribution in [0.25, 0.3) is 0 Å². The first-order valence-electron chi connectivity index (χ1n) is 11.4. The summed E-state index contributed by atoms with van der Waals surface area (Å²) in [5.74, 6) is 1.64. The molecule has 4 heteroatoms. The normalized spacial score (nSPS) is 11.8. The van der Waals surface area contributed by atoms with Gasteiger partial charge in [-0.1, -0.05) is 65.2 Å². The van der Waals surface area contributed by atoms with Crippen LogP contribution in [0.5, 0.6) is 0 Å². The van der Waals surface area contributed by atoms with E-state index in [9.17, 15) is 9.90 Å². The smallest absolute Gasteiger partial charge is 0.324 e. The molecule has 0 atom stereocenters. The van der Waals surface area contributed by atoms with E-state index in [1.807, 2.05) is 12.1 Å². The average Bonchev–Trinajstić information content (AvgIpc) is 3.37. The van der Waals surface area contributed by atoms with Gasteiger partial charge in [0.25, 0.3) is 0 Å². The van der Waals surface area contributed by atoms with Crippen LogP contribution in [0, 0.1) is 0 Å². The predicted octanol–water partition coefficient (Wildman–Crippen LogP) is 7.29. The van der Waals surface area contributed by atoms with Gasteiger partial charge >= 0.3 is 5.97 Å². The Kier molecular flexibility index (Phi) is 9.56. The van der Waals surface area contributed by atoms with Crippen molar-refractivity contribution in [3.05, 3.63) is 47.3 Å². The van der Waals surface area contributed by atoms with E-state index in [4.69, 9.17) is 8.83 Å². The van der Waals surface area contributed by atoms with E-state index in [-0.39, 0.29) is 0 Å². The Labute approximate surface area is 175 Å². The summed E-state index contributed by atoms with van der Waals surface area (Å²) >= 11 is 0. The van der Waals surface area contributed by atoms with Gasteiger partial charge < -0.3 is 13.9 Å². The van der Waals surface area contributed by atoms with Gasteiger partial charge in [0.1, 0.15) is 23.0 Å². The number of carboxylic acid groups (broad SMARTS) is 1. The van der Waals surface area contributed by atoms with Gasteiger partial charge in [-0.15, -0.1) is 0 Å². The number of aryl methyl sites for hydroxylation is 2. The summed E-state index contributed by atoms with van der Waals surface area (Å²) in [6.45, 7) is 6.08. The first kappa shape index (κ1) is 23.3. The zero-order chi connectivity index (χ0) is 21.1. The number of aliphatic carboxylic acids is 1. The molecule has 0 saturated heterocycles. The molecule has 0 aliphatic rings. The van der Waals surface area contributed by atoms with Crippen molar-refractivity contribution in [2.24, 2.45) is 0 Å². The van der Waals surface area contributed by atoms with Crippen LogP contribution in [0.3, 0.4) is 0 Å². The second kappa shape index (κ2) is 11.9. The number of carbonyl (C=O) groups is 1. The van der Waals surface area contributed by atoms with E-state index < -0.39 is 11.4 Å². The molecule has 1 N–H and O–H groups in total. The summed E-state index contributed by atoms with van der Waals surface area (Å²) in [6, 6.07) is 7.41. The first-order chi connectivity index (χ1) is 14.0. The summed E-state index contributed by atoms with van der Waals surface area (Å²) in [7, 11) is 0. The first-order valence-corrected chi connectivity index (χ1v) is 11.4. The van der Waals surface area contributed by atoms with Crippen LogP contribution in [0.15, 0.2) is 33.1 Å². The molecule has 2 aromatic rings. The van der Waals surface area contributed by atoms with Gasteiger partial charge in [0.2, 0.25) is 0 Å². The van der Waals surface area contributed by atoms with Gasteiger partial charge in [-0.25, -0.2) is 0 Å². The molecule has 0 fully saturated rings. The molecule has 2 heterocycles. The van der Waals surface area contributed by atoms with E-state index >= 15 is 0 Å². The summed E-state index contributed by atoms with van der Waals surface area (Å²) < 4.78 is 11.9. The largest absolute Gasteiger partial charge is 0.480 e. The predicted molar refractivity (Wildman–Crippen MR) is 116 cm³/mol. The van der Waals surface area contributed by atoms with Gasteiger partial charge in [0.05, 0.1) is 0 Å². The maximum Gasteiger partial charge on any atom is 0.324 e. The third-order valence-electron chi connectivity index (χ3n) is 5.79. The van der Waals surface area contributed by atoms with Crippen LogP contribution in [-0.2, 0) is 23.1 Å². The fourth-order valence-electron chi connectivity index (χ4n) is 3.70. The zero-order valence-corrected chi connectivity index (χ0v) is 18.5. The van der Waals surface area contributed by atoms with E-state index in [1.54, 1.807) is 19.1 Å². The Morgan fingerprint density at radius 3 is 1.55 bits per heavy atom. The third kappa shape index (κ3) is 6.52. The van der Waals surface area contributed by atoms with E-state index in [1.165, 1.54) is 51.4 Å². The molecule has 2 aromatic heterocycles. The molecule has 2 rings (SSSR count).